The molecule has 29 heavy (non-hydrogen) atoms. The van der Waals surface area contributed by atoms with Crippen LogP contribution in [0.5, 0.6) is 0 Å². The van der Waals surface area contributed by atoms with Crippen LogP contribution in [0.2, 0.25) is 0 Å². The zero-order chi connectivity index (χ0) is 20.4. The minimum Gasteiger partial charge on any atom is -0.337 e. The van der Waals surface area contributed by atoms with E-state index in [4.69, 9.17) is 0 Å². The maximum Gasteiger partial charge on any atom is 0.266 e. The maximum absolute atomic E-state index is 12.8. The van der Waals surface area contributed by atoms with E-state index in [0.29, 0.717) is 16.9 Å². The predicted molar refractivity (Wildman–Crippen MR) is 113 cm³/mol. The maximum atomic E-state index is 12.8. The van der Waals surface area contributed by atoms with Gasteiger partial charge in [-0.2, -0.15) is 5.10 Å². The molecule has 0 atom stereocenters. The van der Waals surface area contributed by atoms with Crippen molar-refractivity contribution < 1.29 is 8.42 Å². The first-order valence-corrected chi connectivity index (χ1v) is 10.6. The van der Waals surface area contributed by atoms with E-state index in [1.165, 1.54) is 17.1 Å². The molecule has 4 rings (SSSR count). The topological polar surface area (TPSA) is 102 Å². The fourth-order valence-electron chi connectivity index (χ4n) is 2.96. The van der Waals surface area contributed by atoms with E-state index >= 15 is 0 Å². The minimum atomic E-state index is -3.87. The van der Waals surface area contributed by atoms with E-state index < -0.39 is 10.0 Å². The van der Waals surface area contributed by atoms with Gasteiger partial charge in [-0.05, 0) is 30.2 Å². The Morgan fingerprint density at radius 1 is 0.966 bits per heavy atom. The quantitative estimate of drug-likeness (QED) is 0.506. The summed E-state index contributed by atoms with van der Waals surface area (Å²) in [7, 11) is -2.21. The van der Waals surface area contributed by atoms with Crippen LogP contribution in [0.4, 0.5) is 17.3 Å². The number of fused-ring (bicyclic) bond motifs is 1. The summed E-state index contributed by atoms with van der Waals surface area (Å²) in [6, 6.07) is 15.1. The average molecular weight is 408 g/mol. The molecule has 148 valence electrons. The second kappa shape index (κ2) is 7.51. The monoisotopic (exact) mass is 408 g/mol. The van der Waals surface area contributed by atoms with Crippen molar-refractivity contribution in [2.45, 2.75) is 18.2 Å². The highest BCUT2D eigenvalue weighted by Crippen LogP contribution is 2.28. The van der Waals surface area contributed by atoms with Crippen LogP contribution in [0.1, 0.15) is 12.5 Å². The Labute approximate surface area is 168 Å². The van der Waals surface area contributed by atoms with Crippen LogP contribution in [0.25, 0.3) is 11.0 Å². The lowest BCUT2D eigenvalue weighted by Crippen LogP contribution is -2.15. The number of nitrogens with one attached hydrogen (secondary N) is 2. The summed E-state index contributed by atoms with van der Waals surface area (Å²) in [6.45, 7) is 2.05. The number of aryl methyl sites for hydroxylation is 2. The third-order valence-corrected chi connectivity index (χ3v) is 5.74. The number of sulfonamides is 1. The minimum absolute atomic E-state index is 0.0508. The summed E-state index contributed by atoms with van der Waals surface area (Å²) in [5.41, 5.74) is 3.18. The first-order chi connectivity index (χ1) is 14.0. The van der Waals surface area contributed by atoms with Gasteiger partial charge in [-0.25, -0.2) is 18.4 Å². The number of aromatic nitrogens is 4. The number of hydrogen-bond donors (Lipinski definition) is 2. The molecule has 2 N–H and O–H groups in total. The highest BCUT2D eigenvalue weighted by molar-refractivity contribution is 7.92. The van der Waals surface area contributed by atoms with Crippen molar-refractivity contribution in [1.29, 1.82) is 0 Å². The summed E-state index contributed by atoms with van der Waals surface area (Å²) in [5, 5.41) is 7.18. The number of benzene rings is 2. The van der Waals surface area contributed by atoms with Gasteiger partial charge in [-0.1, -0.05) is 37.3 Å². The van der Waals surface area contributed by atoms with E-state index in [0.717, 1.165) is 17.7 Å². The summed E-state index contributed by atoms with van der Waals surface area (Å²) in [5.74, 6) is 0.454. The molecule has 0 saturated heterocycles. The van der Waals surface area contributed by atoms with Crippen molar-refractivity contribution in [3.8, 4) is 0 Å². The fraction of sp³-hybridized carbons (Fsp3) is 0.150. The van der Waals surface area contributed by atoms with Gasteiger partial charge in [0.15, 0.2) is 11.6 Å². The zero-order valence-electron chi connectivity index (χ0n) is 16.0. The van der Waals surface area contributed by atoms with Gasteiger partial charge >= 0.3 is 0 Å². The van der Waals surface area contributed by atoms with Gasteiger partial charge in [0.05, 0.1) is 17.2 Å². The number of hydrogen-bond acceptors (Lipinski definition) is 6. The SMILES string of the molecule is CCc1ccccc1Nc1nc2ccccc2nc1NS(=O)(=O)c1cnn(C)c1. The van der Waals surface area contributed by atoms with Crippen molar-refractivity contribution in [1.82, 2.24) is 19.7 Å². The fourth-order valence-corrected chi connectivity index (χ4v) is 3.95. The molecule has 2 aromatic carbocycles. The Balaban J connectivity index is 1.80. The van der Waals surface area contributed by atoms with E-state index in [2.05, 4.69) is 32.0 Å². The highest BCUT2D eigenvalue weighted by atomic mass is 32.2. The average Bonchev–Trinajstić information content (AvgIpc) is 3.16. The molecule has 0 unspecified atom stereocenters. The van der Waals surface area contributed by atoms with Gasteiger partial charge in [0.25, 0.3) is 10.0 Å². The van der Waals surface area contributed by atoms with Crippen LogP contribution in [0, 0.1) is 0 Å². The van der Waals surface area contributed by atoms with E-state index in [-0.39, 0.29) is 10.7 Å². The zero-order valence-corrected chi connectivity index (χ0v) is 16.8. The van der Waals surface area contributed by atoms with Crippen LogP contribution in [0.15, 0.2) is 65.8 Å². The number of para-hydroxylation sites is 3. The molecule has 0 amide bonds. The molecule has 0 radical (unpaired) electrons. The second-order valence-corrected chi connectivity index (χ2v) is 8.18. The van der Waals surface area contributed by atoms with Crippen molar-refractivity contribution in [3.05, 3.63) is 66.5 Å². The van der Waals surface area contributed by atoms with Crippen molar-refractivity contribution in [2.24, 2.45) is 7.05 Å². The lowest BCUT2D eigenvalue weighted by molar-refractivity contribution is 0.601. The number of nitrogens with zero attached hydrogens (tertiary/aromatic N) is 4. The molecule has 2 aromatic heterocycles. The molecule has 9 heteroatoms. The molecule has 2 heterocycles. The summed E-state index contributed by atoms with van der Waals surface area (Å²) < 4.78 is 29.6. The molecule has 0 bridgehead atoms. The van der Waals surface area contributed by atoms with E-state index in [1.807, 2.05) is 42.5 Å². The first kappa shape index (κ1) is 18.9. The molecule has 0 saturated carbocycles. The summed E-state index contributed by atoms with van der Waals surface area (Å²) in [4.78, 5) is 9.16. The largest absolute Gasteiger partial charge is 0.337 e. The number of rotatable bonds is 6. The predicted octanol–water partition coefficient (Wildman–Crippen LogP) is 3.47. The Morgan fingerprint density at radius 2 is 1.62 bits per heavy atom. The van der Waals surface area contributed by atoms with Gasteiger partial charge < -0.3 is 5.32 Å². The molecule has 8 nitrogen and oxygen atoms in total. The molecule has 0 spiro atoms. The third kappa shape index (κ3) is 3.90. The molecule has 0 fully saturated rings. The molecular weight excluding hydrogens is 388 g/mol. The normalized spacial score (nSPS) is 11.5. The van der Waals surface area contributed by atoms with Crippen molar-refractivity contribution >= 4 is 38.4 Å². The standard InChI is InChI=1S/C20H20N6O2S/c1-3-14-8-4-5-9-16(14)22-19-20(24-18-11-7-6-10-17(18)23-19)25-29(27,28)15-12-21-26(2)13-15/h4-13H,3H2,1-2H3,(H,22,23)(H,24,25). The molecule has 4 aromatic rings. The molecule has 0 aliphatic rings. The van der Waals surface area contributed by atoms with E-state index in [9.17, 15) is 8.42 Å². The van der Waals surface area contributed by atoms with Gasteiger partial charge in [0, 0.05) is 18.9 Å². The molecule has 0 aliphatic carbocycles. The third-order valence-electron chi connectivity index (χ3n) is 4.44. The lowest BCUT2D eigenvalue weighted by atomic mass is 10.1. The van der Waals surface area contributed by atoms with Crippen LogP contribution in [0.3, 0.4) is 0 Å². The van der Waals surface area contributed by atoms with Crippen molar-refractivity contribution in [3.63, 3.8) is 0 Å². The highest BCUT2D eigenvalue weighted by Gasteiger charge is 2.20. The Morgan fingerprint density at radius 3 is 2.28 bits per heavy atom. The van der Waals surface area contributed by atoms with Crippen LogP contribution >= 0.6 is 0 Å². The smallest absolute Gasteiger partial charge is 0.266 e. The van der Waals surface area contributed by atoms with Gasteiger partial charge in [0.1, 0.15) is 4.90 Å². The Kier molecular flexibility index (Phi) is 4.89. The van der Waals surface area contributed by atoms with E-state index in [1.54, 1.807) is 13.1 Å². The van der Waals surface area contributed by atoms with Gasteiger partial charge in [0.2, 0.25) is 0 Å². The Bertz CT molecular complexity index is 1280. The summed E-state index contributed by atoms with van der Waals surface area (Å²) >= 11 is 0. The van der Waals surface area contributed by atoms with Crippen LogP contribution in [-0.2, 0) is 23.5 Å². The second-order valence-electron chi connectivity index (χ2n) is 6.50. The molecule has 0 aliphatic heterocycles. The van der Waals surface area contributed by atoms with Gasteiger partial charge in [-0.15, -0.1) is 0 Å². The first-order valence-electron chi connectivity index (χ1n) is 9.09. The number of anilines is 3. The Hall–Kier alpha value is -3.46. The molecular formula is C20H20N6O2S. The van der Waals surface area contributed by atoms with Crippen LogP contribution in [-0.4, -0.2) is 28.2 Å². The summed E-state index contributed by atoms with van der Waals surface area (Å²) in [6.07, 6.45) is 3.54. The lowest BCUT2D eigenvalue weighted by Gasteiger charge is -2.15. The van der Waals surface area contributed by atoms with Gasteiger partial charge in [-0.3, -0.25) is 9.40 Å². The van der Waals surface area contributed by atoms with Crippen molar-refractivity contribution in [2.75, 3.05) is 10.0 Å². The van der Waals surface area contributed by atoms with Crippen LogP contribution < -0.4 is 10.0 Å².